The van der Waals surface area contributed by atoms with Gasteiger partial charge in [0.2, 0.25) is 12.2 Å². The Bertz CT molecular complexity index is 792. The molecule has 0 aromatic rings. The van der Waals surface area contributed by atoms with Gasteiger partial charge in [-0.15, -0.1) is 0 Å². The van der Waals surface area contributed by atoms with E-state index in [1.807, 2.05) is 0 Å². The molecule has 13 heteroatoms. The van der Waals surface area contributed by atoms with Crippen molar-refractivity contribution in [1.82, 2.24) is 5.32 Å². The minimum Gasteiger partial charge on any atom is -0.463 e. The van der Waals surface area contributed by atoms with Crippen LogP contribution >= 0.6 is 0 Å². The van der Waals surface area contributed by atoms with Crippen molar-refractivity contribution >= 4 is 29.8 Å². The Morgan fingerprint density at radius 1 is 0.875 bits per heavy atom. The van der Waals surface area contributed by atoms with Crippen LogP contribution in [0.15, 0.2) is 10.2 Å². The highest BCUT2D eigenvalue weighted by Crippen LogP contribution is 2.32. The number of rotatable bonds is 9. The molecule has 0 aromatic carbocycles. The lowest BCUT2D eigenvalue weighted by molar-refractivity contribution is -0.271. The van der Waals surface area contributed by atoms with Gasteiger partial charge in [-0.3, -0.25) is 24.0 Å². The van der Waals surface area contributed by atoms with E-state index in [9.17, 15) is 24.0 Å². The van der Waals surface area contributed by atoms with Crippen molar-refractivity contribution in [2.45, 2.75) is 83.8 Å². The molecule has 32 heavy (non-hydrogen) atoms. The van der Waals surface area contributed by atoms with E-state index in [1.54, 1.807) is 6.92 Å². The molecule has 0 aliphatic carbocycles. The zero-order valence-electron chi connectivity index (χ0n) is 18.5. The van der Waals surface area contributed by atoms with E-state index in [1.165, 1.54) is 6.92 Å². The first-order valence-corrected chi connectivity index (χ1v) is 9.94. The van der Waals surface area contributed by atoms with Crippen LogP contribution in [0.25, 0.3) is 0 Å². The average Bonchev–Trinajstić information content (AvgIpc) is 3.40. The number of nitrogens with one attached hydrogen (secondary N) is 1. The van der Waals surface area contributed by atoms with Crippen molar-refractivity contribution < 1.29 is 47.7 Å². The lowest BCUT2D eigenvalue weighted by atomic mass is 9.95. The summed E-state index contributed by atoms with van der Waals surface area (Å²) in [5.41, 5.74) is -0.611. The van der Waals surface area contributed by atoms with Gasteiger partial charge in [0, 0.05) is 40.5 Å². The third-order valence-corrected chi connectivity index (χ3v) is 4.58. The fourth-order valence-corrected chi connectivity index (χ4v) is 3.11. The van der Waals surface area contributed by atoms with E-state index in [-0.39, 0.29) is 13.0 Å². The maximum Gasteiger partial charge on any atom is 0.305 e. The summed E-state index contributed by atoms with van der Waals surface area (Å²) in [4.78, 5) is 59.0. The normalized spacial score (nSPS) is 27.6. The Kier molecular flexibility index (Phi) is 8.25. The molecule has 2 rings (SSSR count). The Labute approximate surface area is 184 Å². The van der Waals surface area contributed by atoms with E-state index < -0.39 is 66.1 Å². The van der Waals surface area contributed by atoms with Crippen molar-refractivity contribution in [2.75, 3.05) is 6.61 Å². The number of hydrogen-bond donors (Lipinski definition) is 1. The zero-order chi connectivity index (χ0) is 24.1. The topological polar surface area (TPSA) is 168 Å². The van der Waals surface area contributed by atoms with Crippen LogP contribution < -0.4 is 5.32 Å². The zero-order valence-corrected chi connectivity index (χ0v) is 18.5. The van der Waals surface area contributed by atoms with E-state index >= 15 is 0 Å². The summed E-state index contributed by atoms with van der Waals surface area (Å²) < 4.78 is 26.5. The van der Waals surface area contributed by atoms with Gasteiger partial charge >= 0.3 is 23.9 Å². The Balaban J connectivity index is 2.30. The molecule has 1 unspecified atom stereocenters. The standard InChI is InChI=1S/C19H27N3O10/c1-9(23)28-8-13-16(29-10(2)24)17(30-11(3)25)15(18(32-13)31-12(4)26)20-14(27)6-7-19(5)21-22-19/h13,15-18H,6-8H2,1-5H3,(H,20,27)/t13-,15-,16-,17-,18?/m1/s1. The number of carbonyl (C=O) groups is 5. The molecule has 13 nitrogen and oxygen atoms in total. The maximum atomic E-state index is 12.6. The third-order valence-electron chi connectivity index (χ3n) is 4.58. The number of hydrogen-bond acceptors (Lipinski definition) is 12. The molecular formula is C19H27N3O10. The highest BCUT2D eigenvalue weighted by Gasteiger charge is 2.52. The third kappa shape index (κ3) is 7.55. The molecule has 0 spiro atoms. The molecule has 5 atom stereocenters. The van der Waals surface area contributed by atoms with Crippen LogP contribution in [-0.2, 0) is 47.7 Å². The van der Waals surface area contributed by atoms with Crippen LogP contribution in [0, 0.1) is 0 Å². The predicted octanol–water partition coefficient (Wildman–Crippen LogP) is 0.148. The van der Waals surface area contributed by atoms with Crippen molar-refractivity contribution in [2.24, 2.45) is 10.2 Å². The Morgan fingerprint density at radius 3 is 1.94 bits per heavy atom. The molecule has 2 heterocycles. The summed E-state index contributed by atoms with van der Waals surface area (Å²) in [5.74, 6) is -3.33. The number of nitrogens with zero attached hydrogens (tertiary/aromatic N) is 2. The fraction of sp³-hybridized carbons (Fsp3) is 0.737. The summed E-state index contributed by atoms with van der Waals surface area (Å²) in [6.45, 7) is 5.91. The second-order valence-corrected chi connectivity index (χ2v) is 7.61. The molecule has 1 saturated heterocycles. The summed E-state index contributed by atoms with van der Waals surface area (Å²) in [5, 5.41) is 10.3. The van der Waals surface area contributed by atoms with Crippen molar-refractivity contribution in [3.8, 4) is 0 Å². The molecule has 0 radical (unpaired) electrons. The quantitative estimate of drug-likeness (QED) is 0.371. The van der Waals surface area contributed by atoms with Gasteiger partial charge in [0.25, 0.3) is 0 Å². The second-order valence-electron chi connectivity index (χ2n) is 7.61. The summed E-state index contributed by atoms with van der Waals surface area (Å²) in [6.07, 6.45) is -4.77. The Morgan fingerprint density at radius 2 is 1.44 bits per heavy atom. The Hall–Kier alpha value is -3.09. The van der Waals surface area contributed by atoms with Gasteiger partial charge < -0.3 is 29.0 Å². The van der Waals surface area contributed by atoms with Crippen LogP contribution in [0.2, 0.25) is 0 Å². The lowest BCUT2D eigenvalue weighted by Crippen LogP contribution is -2.67. The van der Waals surface area contributed by atoms with E-state index in [0.717, 1.165) is 20.8 Å². The van der Waals surface area contributed by atoms with Crippen LogP contribution in [0.3, 0.4) is 0 Å². The largest absolute Gasteiger partial charge is 0.463 e. The predicted molar refractivity (Wildman–Crippen MR) is 103 cm³/mol. The van der Waals surface area contributed by atoms with Gasteiger partial charge in [0.15, 0.2) is 17.9 Å². The van der Waals surface area contributed by atoms with E-state index in [2.05, 4.69) is 15.5 Å². The van der Waals surface area contributed by atoms with Gasteiger partial charge in [0.1, 0.15) is 18.8 Å². The molecule has 0 aromatic heterocycles. The number of ether oxygens (including phenoxy) is 5. The van der Waals surface area contributed by atoms with Crippen molar-refractivity contribution in [3.05, 3.63) is 0 Å². The summed E-state index contributed by atoms with van der Waals surface area (Å²) in [6, 6.07) is -1.21. The maximum absolute atomic E-state index is 12.6. The highest BCUT2D eigenvalue weighted by molar-refractivity contribution is 5.77. The molecule has 0 bridgehead atoms. The monoisotopic (exact) mass is 457 g/mol. The minimum atomic E-state index is -1.42. The van der Waals surface area contributed by atoms with Crippen LogP contribution in [0.4, 0.5) is 0 Å². The summed E-state index contributed by atoms with van der Waals surface area (Å²) in [7, 11) is 0. The fourth-order valence-electron chi connectivity index (χ4n) is 3.11. The molecular weight excluding hydrogens is 430 g/mol. The second kappa shape index (κ2) is 10.5. The van der Waals surface area contributed by atoms with Gasteiger partial charge in [-0.25, -0.2) is 0 Å². The smallest absolute Gasteiger partial charge is 0.305 e. The van der Waals surface area contributed by atoms with Gasteiger partial charge in [-0.1, -0.05) is 0 Å². The van der Waals surface area contributed by atoms with E-state index in [4.69, 9.17) is 23.7 Å². The lowest BCUT2D eigenvalue weighted by Gasteiger charge is -2.44. The SMILES string of the molecule is CC(=O)OC[C@H]1OC(OC(C)=O)[C@H](NC(=O)CCC2(C)N=N2)[C@@H](OC(C)=O)[C@@H]1OC(C)=O. The van der Waals surface area contributed by atoms with Gasteiger partial charge in [0.05, 0.1) is 0 Å². The highest BCUT2D eigenvalue weighted by atomic mass is 16.7. The first kappa shape index (κ1) is 25.2. The molecule has 1 amide bonds. The molecule has 1 fully saturated rings. The van der Waals surface area contributed by atoms with Gasteiger partial charge in [-0.05, 0) is 6.92 Å². The molecule has 0 saturated carbocycles. The van der Waals surface area contributed by atoms with Crippen LogP contribution in [0.1, 0.15) is 47.5 Å². The molecule has 178 valence electrons. The van der Waals surface area contributed by atoms with E-state index in [0.29, 0.717) is 6.42 Å². The summed E-state index contributed by atoms with van der Waals surface area (Å²) >= 11 is 0. The van der Waals surface area contributed by atoms with Crippen LogP contribution in [-0.4, -0.2) is 72.7 Å². The van der Waals surface area contributed by atoms with Crippen molar-refractivity contribution in [3.63, 3.8) is 0 Å². The molecule has 2 aliphatic heterocycles. The first-order valence-electron chi connectivity index (χ1n) is 9.94. The number of esters is 4. The molecule has 2 aliphatic rings. The molecule has 1 N–H and O–H groups in total. The number of amides is 1. The number of carbonyl (C=O) groups excluding carboxylic acids is 5. The van der Waals surface area contributed by atoms with Crippen molar-refractivity contribution in [1.29, 1.82) is 0 Å². The average molecular weight is 457 g/mol. The first-order chi connectivity index (χ1) is 14.9. The van der Waals surface area contributed by atoms with Crippen LogP contribution in [0.5, 0.6) is 0 Å². The van der Waals surface area contributed by atoms with Gasteiger partial charge in [-0.2, -0.15) is 10.2 Å². The minimum absolute atomic E-state index is 0.0225.